The maximum Gasteiger partial charge on any atom is 0.348 e. The number of esters is 2. The van der Waals surface area contributed by atoms with E-state index in [1.54, 1.807) is 13.8 Å². The second kappa shape index (κ2) is 8.49. The molecule has 0 aromatic rings. The summed E-state index contributed by atoms with van der Waals surface area (Å²) >= 11 is 0. The normalized spacial score (nSPS) is 26.7. The van der Waals surface area contributed by atoms with E-state index in [0.29, 0.717) is 6.42 Å². The Balaban J connectivity index is 0.000000307. The molecule has 1 heterocycles. The Labute approximate surface area is 143 Å². The van der Waals surface area contributed by atoms with Crippen LogP contribution in [0, 0.1) is 17.3 Å². The lowest BCUT2D eigenvalue weighted by atomic mass is 9.91. The molecule has 4 unspecified atom stereocenters. The van der Waals surface area contributed by atoms with Crippen LogP contribution in [-0.2, 0) is 23.9 Å². The van der Waals surface area contributed by atoms with Gasteiger partial charge in [-0.15, -0.1) is 0 Å². The number of carboxylic acids is 1. The zero-order valence-electron chi connectivity index (χ0n) is 15.3. The number of aliphatic carboxylic acids is 1. The molecule has 6 heteroatoms. The van der Waals surface area contributed by atoms with E-state index in [2.05, 4.69) is 0 Å². The van der Waals surface area contributed by atoms with E-state index in [0.717, 1.165) is 25.7 Å². The van der Waals surface area contributed by atoms with Crippen molar-refractivity contribution in [1.82, 2.24) is 0 Å². The number of ether oxygens (including phenoxy) is 2. The Morgan fingerprint density at radius 1 is 1.33 bits per heavy atom. The van der Waals surface area contributed by atoms with Gasteiger partial charge in [0.1, 0.15) is 6.10 Å². The average molecular weight is 342 g/mol. The van der Waals surface area contributed by atoms with E-state index >= 15 is 0 Å². The second-order valence-corrected chi connectivity index (χ2v) is 7.28. The molecule has 0 radical (unpaired) electrons. The Kier molecular flexibility index (Phi) is 7.24. The van der Waals surface area contributed by atoms with Gasteiger partial charge in [0.05, 0.1) is 11.3 Å². The summed E-state index contributed by atoms with van der Waals surface area (Å²) in [4.78, 5) is 33.4. The quantitative estimate of drug-likeness (QED) is 0.772. The first-order valence-corrected chi connectivity index (χ1v) is 8.78. The maximum atomic E-state index is 11.6. The van der Waals surface area contributed by atoms with Crippen LogP contribution >= 0.6 is 0 Å². The van der Waals surface area contributed by atoms with Crippen LogP contribution < -0.4 is 0 Å². The third-order valence-corrected chi connectivity index (χ3v) is 5.11. The van der Waals surface area contributed by atoms with Crippen molar-refractivity contribution < 1.29 is 29.0 Å². The first kappa shape index (κ1) is 20.5. The minimum absolute atomic E-state index is 0.0118. The summed E-state index contributed by atoms with van der Waals surface area (Å²) in [5.41, 5.74) is -0.542. The Hall–Kier alpha value is -1.59. The van der Waals surface area contributed by atoms with Crippen LogP contribution in [-0.4, -0.2) is 35.2 Å². The third-order valence-electron chi connectivity index (χ3n) is 5.11. The van der Waals surface area contributed by atoms with Crippen LogP contribution in [0.4, 0.5) is 0 Å². The van der Waals surface area contributed by atoms with Gasteiger partial charge >= 0.3 is 17.9 Å². The van der Waals surface area contributed by atoms with Crippen molar-refractivity contribution in [2.24, 2.45) is 17.3 Å². The average Bonchev–Trinajstić information content (AvgIpc) is 3.09. The molecule has 0 amide bonds. The van der Waals surface area contributed by atoms with Gasteiger partial charge in [-0.05, 0) is 46.0 Å². The van der Waals surface area contributed by atoms with Gasteiger partial charge in [-0.3, -0.25) is 9.59 Å². The smallest absolute Gasteiger partial charge is 0.348 e. The fourth-order valence-corrected chi connectivity index (χ4v) is 2.53. The second-order valence-electron chi connectivity index (χ2n) is 7.28. The number of fused-ring (bicyclic) bond motifs is 1. The molecular weight excluding hydrogens is 312 g/mol. The number of rotatable bonds is 5. The van der Waals surface area contributed by atoms with E-state index in [1.165, 1.54) is 0 Å². The predicted molar refractivity (Wildman–Crippen MR) is 88.3 cm³/mol. The van der Waals surface area contributed by atoms with Crippen LogP contribution in [0.25, 0.3) is 0 Å². The van der Waals surface area contributed by atoms with Crippen LogP contribution in [0.15, 0.2) is 0 Å². The Morgan fingerprint density at radius 3 is 2.42 bits per heavy atom. The molecule has 24 heavy (non-hydrogen) atoms. The number of carbonyl (C=O) groups excluding carboxylic acids is 2. The Morgan fingerprint density at radius 2 is 1.96 bits per heavy atom. The van der Waals surface area contributed by atoms with Crippen molar-refractivity contribution in [1.29, 1.82) is 0 Å². The molecule has 0 aromatic heterocycles. The first-order chi connectivity index (χ1) is 11.1. The van der Waals surface area contributed by atoms with Crippen LogP contribution in [0.1, 0.15) is 66.7 Å². The highest BCUT2D eigenvalue weighted by atomic mass is 16.6. The lowest BCUT2D eigenvalue weighted by molar-refractivity contribution is -0.165. The summed E-state index contributed by atoms with van der Waals surface area (Å²) in [6, 6.07) is 0. The van der Waals surface area contributed by atoms with Crippen molar-refractivity contribution in [2.75, 3.05) is 0 Å². The largest absolute Gasteiger partial charge is 0.481 e. The van der Waals surface area contributed by atoms with Gasteiger partial charge in [0.2, 0.25) is 6.10 Å². The maximum absolute atomic E-state index is 11.6. The molecule has 1 N–H and O–H groups in total. The monoisotopic (exact) mass is 342 g/mol. The van der Waals surface area contributed by atoms with Crippen molar-refractivity contribution >= 4 is 17.9 Å². The van der Waals surface area contributed by atoms with Gasteiger partial charge in [-0.25, -0.2) is 4.79 Å². The SMILES string of the molecule is CCC(C)(C)C(=O)O.CCC(C)C(=O)OC1C(=O)OC2CCCC21. The molecule has 6 nitrogen and oxygen atoms in total. The molecule has 1 aliphatic heterocycles. The van der Waals surface area contributed by atoms with E-state index in [-0.39, 0.29) is 29.9 Å². The highest BCUT2D eigenvalue weighted by molar-refractivity contribution is 5.82. The molecule has 0 aromatic carbocycles. The minimum atomic E-state index is -0.722. The van der Waals surface area contributed by atoms with Crippen LogP contribution in [0.3, 0.4) is 0 Å². The van der Waals surface area contributed by atoms with Gasteiger partial charge in [-0.1, -0.05) is 20.8 Å². The molecule has 1 saturated heterocycles. The van der Waals surface area contributed by atoms with E-state index in [9.17, 15) is 14.4 Å². The summed E-state index contributed by atoms with van der Waals surface area (Å²) in [7, 11) is 0. The van der Waals surface area contributed by atoms with Gasteiger partial charge < -0.3 is 14.6 Å². The van der Waals surface area contributed by atoms with E-state index in [1.807, 2.05) is 20.8 Å². The standard InChI is InChI=1S/C12H18O4.C6H12O2/c1-3-7(2)11(13)16-10-8-5-4-6-9(8)15-12(10)14;1-4-6(2,3)5(7)8/h7-10H,3-6H2,1-2H3;4H2,1-3H3,(H,7,8). The van der Waals surface area contributed by atoms with Crippen molar-refractivity contribution in [3.8, 4) is 0 Å². The Bertz CT molecular complexity index is 470. The predicted octanol–water partition coefficient (Wildman–Crippen LogP) is 3.18. The molecule has 0 bridgehead atoms. The number of hydrogen-bond donors (Lipinski definition) is 1. The highest BCUT2D eigenvalue weighted by Gasteiger charge is 2.49. The van der Waals surface area contributed by atoms with Gasteiger partial charge in [0.25, 0.3) is 0 Å². The third kappa shape index (κ3) is 4.95. The lowest BCUT2D eigenvalue weighted by Crippen LogP contribution is -2.31. The fourth-order valence-electron chi connectivity index (χ4n) is 2.53. The molecule has 2 aliphatic rings. The number of carbonyl (C=O) groups is 3. The molecule has 1 saturated carbocycles. The van der Waals surface area contributed by atoms with Crippen LogP contribution in [0.2, 0.25) is 0 Å². The van der Waals surface area contributed by atoms with E-state index in [4.69, 9.17) is 14.6 Å². The highest BCUT2D eigenvalue weighted by Crippen LogP contribution is 2.38. The van der Waals surface area contributed by atoms with Crippen molar-refractivity contribution in [3.05, 3.63) is 0 Å². The molecular formula is C18H30O6. The fraction of sp³-hybridized carbons (Fsp3) is 0.833. The van der Waals surface area contributed by atoms with Crippen molar-refractivity contribution in [3.63, 3.8) is 0 Å². The van der Waals surface area contributed by atoms with Gasteiger partial charge in [0.15, 0.2) is 0 Å². The van der Waals surface area contributed by atoms with Gasteiger partial charge in [-0.2, -0.15) is 0 Å². The molecule has 2 fully saturated rings. The minimum Gasteiger partial charge on any atom is -0.481 e. The lowest BCUT2D eigenvalue weighted by Gasteiger charge is -2.16. The summed E-state index contributed by atoms with van der Waals surface area (Å²) in [5, 5.41) is 8.44. The summed E-state index contributed by atoms with van der Waals surface area (Å²) in [6.07, 6.45) is 3.65. The summed E-state index contributed by atoms with van der Waals surface area (Å²) < 4.78 is 10.5. The number of hydrogen-bond acceptors (Lipinski definition) is 5. The first-order valence-electron chi connectivity index (χ1n) is 8.78. The zero-order valence-corrected chi connectivity index (χ0v) is 15.3. The molecule has 0 spiro atoms. The zero-order chi connectivity index (χ0) is 18.5. The molecule has 4 atom stereocenters. The van der Waals surface area contributed by atoms with Gasteiger partial charge in [0, 0.05) is 5.92 Å². The molecule has 138 valence electrons. The van der Waals surface area contributed by atoms with E-state index < -0.39 is 17.5 Å². The molecule has 2 rings (SSSR count). The summed E-state index contributed by atoms with van der Waals surface area (Å²) in [5.74, 6) is -1.41. The topological polar surface area (TPSA) is 89.9 Å². The van der Waals surface area contributed by atoms with Crippen LogP contribution in [0.5, 0.6) is 0 Å². The van der Waals surface area contributed by atoms with Crippen molar-refractivity contribution in [2.45, 2.75) is 78.9 Å². The summed E-state index contributed by atoms with van der Waals surface area (Å²) in [6.45, 7) is 9.05. The number of carboxylic acid groups (broad SMARTS) is 1. The molecule has 1 aliphatic carbocycles.